The second kappa shape index (κ2) is 6.00. The molecule has 1 aromatic rings. The van der Waals surface area contributed by atoms with E-state index in [1.165, 1.54) is 18.2 Å². The third-order valence-corrected chi connectivity index (χ3v) is 4.72. The summed E-state index contributed by atoms with van der Waals surface area (Å²) >= 11 is 0. The highest BCUT2D eigenvalue weighted by atomic mass is 32.2. The van der Waals surface area contributed by atoms with Gasteiger partial charge in [0.05, 0.1) is 16.2 Å². The molecule has 0 aliphatic heterocycles. The maximum Gasteiger partial charge on any atom is 0.335 e. The van der Waals surface area contributed by atoms with Gasteiger partial charge < -0.3 is 5.11 Å². The van der Waals surface area contributed by atoms with Gasteiger partial charge in [-0.25, -0.2) is 13.2 Å². The Labute approximate surface area is 108 Å². The Morgan fingerprint density at radius 3 is 2.50 bits per heavy atom. The largest absolute Gasteiger partial charge is 0.478 e. The van der Waals surface area contributed by atoms with Crippen molar-refractivity contribution in [1.29, 1.82) is 0 Å². The Morgan fingerprint density at radius 2 is 1.94 bits per heavy atom. The van der Waals surface area contributed by atoms with Crippen molar-refractivity contribution < 1.29 is 18.3 Å². The van der Waals surface area contributed by atoms with E-state index in [0.717, 1.165) is 12.8 Å². The fraction of sp³-hybridized carbons (Fsp3) is 0.462. The van der Waals surface area contributed by atoms with Gasteiger partial charge in [0, 0.05) is 0 Å². The molecule has 0 aliphatic rings. The van der Waals surface area contributed by atoms with Gasteiger partial charge in [0.2, 0.25) is 0 Å². The van der Waals surface area contributed by atoms with E-state index in [4.69, 9.17) is 5.11 Å². The predicted octanol–water partition coefficient (Wildman–Crippen LogP) is 2.66. The fourth-order valence-corrected chi connectivity index (χ4v) is 3.39. The molecule has 100 valence electrons. The van der Waals surface area contributed by atoms with Gasteiger partial charge in [0.25, 0.3) is 0 Å². The average Bonchev–Trinajstić information content (AvgIpc) is 2.29. The van der Waals surface area contributed by atoms with Crippen LogP contribution in [0.25, 0.3) is 0 Å². The summed E-state index contributed by atoms with van der Waals surface area (Å²) in [7, 11) is -3.38. The molecular formula is C13H18O4S. The Balaban J connectivity index is 3.07. The van der Waals surface area contributed by atoms with Crippen LogP contribution in [-0.4, -0.2) is 25.2 Å². The van der Waals surface area contributed by atoms with Crippen LogP contribution in [0.15, 0.2) is 23.1 Å². The molecule has 1 aromatic carbocycles. The summed E-state index contributed by atoms with van der Waals surface area (Å²) in [5.41, 5.74) is 0.603. The minimum Gasteiger partial charge on any atom is -0.478 e. The van der Waals surface area contributed by atoms with Crippen molar-refractivity contribution >= 4 is 15.8 Å². The van der Waals surface area contributed by atoms with E-state index >= 15 is 0 Å². The molecule has 18 heavy (non-hydrogen) atoms. The lowest BCUT2D eigenvalue weighted by Gasteiger charge is -2.08. The average molecular weight is 270 g/mol. The van der Waals surface area contributed by atoms with Gasteiger partial charge in [0.1, 0.15) is 0 Å². The monoisotopic (exact) mass is 270 g/mol. The van der Waals surface area contributed by atoms with E-state index < -0.39 is 15.8 Å². The van der Waals surface area contributed by atoms with Gasteiger partial charge in [-0.15, -0.1) is 0 Å². The van der Waals surface area contributed by atoms with Crippen molar-refractivity contribution in [2.24, 2.45) is 0 Å². The normalized spacial score (nSPS) is 11.4. The van der Waals surface area contributed by atoms with Crippen LogP contribution in [-0.2, 0) is 9.84 Å². The van der Waals surface area contributed by atoms with Crippen molar-refractivity contribution in [2.45, 2.75) is 38.0 Å². The lowest BCUT2D eigenvalue weighted by Crippen LogP contribution is -2.10. The molecule has 0 aromatic heterocycles. The van der Waals surface area contributed by atoms with Crippen LogP contribution in [0.4, 0.5) is 0 Å². The summed E-state index contributed by atoms with van der Waals surface area (Å²) in [6.07, 6.45) is 2.41. The van der Waals surface area contributed by atoms with Gasteiger partial charge in [-0.3, -0.25) is 0 Å². The van der Waals surface area contributed by atoms with E-state index in [1.807, 2.05) is 6.92 Å². The Bertz CT molecular complexity index is 532. The summed E-state index contributed by atoms with van der Waals surface area (Å²) in [6, 6.07) is 4.21. The first-order valence-electron chi connectivity index (χ1n) is 5.95. The van der Waals surface area contributed by atoms with Crippen LogP contribution in [0.5, 0.6) is 0 Å². The van der Waals surface area contributed by atoms with Crippen LogP contribution >= 0.6 is 0 Å². The van der Waals surface area contributed by atoms with Gasteiger partial charge in [0.15, 0.2) is 9.84 Å². The number of carboxylic acids is 1. The number of aryl methyl sites for hydroxylation is 1. The zero-order valence-corrected chi connectivity index (χ0v) is 11.5. The molecule has 0 aliphatic carbocycles. The number of rotatable bonds is 6. The smallest absolute Gasteiger partial charge is 0.335 e. The highest BCUT2D eigenvalue weighted by Crippen LogP contribution is 2.20. The van der Waals surface area contributed by atoms with E-state index in [-0.39, 0.29) is 16.2 Å². The van der Waals surface area contributed by atoms with Crippen molar-refractivity contribution in [3.63, 3.8) is 0 Å². The molecule has 0 heterocycles. The quantitative estimate of drug-likeness (QED) is 0.807. The van der Waals surface area contributed by atoms with Gasteiger partial charge >= 0.3 is 5.97 Å². The van der Waals surface area contributed by atoms with Crippen LogP contribution in [0.3, 0.4) is 0 Å². The molecule has 0 atom stereocenters. The molecule has 0 radical (unpaired) electrons. The first-order valence-corrected chi connectivity index (χ1v) is 7.60. The van der Waals surface area contributed by atoms with Crippen LogP contribution < -0.4 is 0 Å². The minimum absolute atomic E-state index is 0.00895. The molecule has 0 saturated carbocycles. The number of benzene rings is 1. The van der Waals surface area contributed by atoms with Gasteiger partial charge in [-0.1, -0.05) is 25.8 Å². The summed E-state index contributed by atoms with van der Waals surface area (Å²) < 4.78 is 24.2. The van der Waals surface area contributed by atoms with Gasteiger partial charge in [-0.05, 0) is 31.0 Å². The Hall–Kier alpha value is -1.36. The highest BCUT2D eigenvalue weighted by molar-refractivity contribution is 7.91. The standard InChI is InChI=1S/C13H18O4S/c1-3-4-5-8-18(16,17)12-9-11(13(14)15)7-6-10(12)2/h6-7,9H,3-5,8H2,1-2H3,(H,14,15). The van der Waals surface area contributed by atoms with Gasteiger partial charge in [-0.2, -0.15) is 0 Å². The minimum atomic E-state index is -3.38. The van der Waals surface area contributed by atoms with Crippen molar-refractivity contribution in [1.82, 2.24) is 0 Å². The van der Waals surface area contributed by atoms with E-state index in [2.05, 4.69) is 0 Å². The van der Waals surface area contributed by atoms with Crippen LogP contribution in [0, 0.1) is 6.92 Å². The molecule has 1 N–H and O–H groups in total. The number of hydrogen-bond donors (Lipinski definition) is 1. The molecule has 0 bridgehead atoms. The molecule has 0 saturated heterocycles. The topological polar surface area (TPSA) is 71.4 Å². The lowest BCUT2D eigenvalue weighted by molar-refractivity contribution is 0.0696. The zero-order valence-electron chi connectivity index (χ0n) is 10.6. The summed E-state index contributed by atoms with van der Waals surface area (Å²) in [6.45, 7) is 3.68. The lowest BCUT2D eigenvalue weighted by atomic mass is 10.1. The van der Waals surface area contributed by atoms with Crippen molar-refractivity contribution in [3.05, 3.63) is 29.3 Å². The number of sulfone groups is 1. The van der Waals surface area contributed by atoms with E-state index in [0.29, 0.717) is 12.0 Å². The van der Waals surface area contributed by atoms with E-state index in [1.54, 1.807) is 6.92 Å². The van der Waals surface area contributed by atoms with Crippen molar-refractivity contribution in [2.75, 3.05) is 5.75 Å². The molecule has 1 rings (SSSR count). The third-order valence-electron chi connectivity index (χ3n) is 2.79. The maximum atomic E-state index is 12.1. The summed E-state index contributed by atoms with van der Waals surface area (Å²) in [4.78, 5) is 11.0. The molecule has 5 heteroatoms. The fourth-order valence-electron chi connectivity index (χ4n) is 1.72. The third kappa shape index (κ3) is 3.57. The van der Waals surface area contributed by atoms with Crippen LogP contribution in [0.2, 0.25) is 0 Å². The number of hydrogen-bond acceptors (Lipinski definition) is 3. The first-order chi connectivity index (χ1) is 8.38. The predicted molar refractivity (Wildman–Crippen MR) is 69.7 cm³/mol. The van der Waals surface area contributed by atoms with E-state index in [9.17, 15) is 13.2 Å². The second-order valence-electron chi connectivity index (χ2n) is 4.31. The number of carboxylic acid groups (broad SMARTS) is 1. The molecule has 0 amide bonds. The molecule has 0 unspecified atom stereocenters. The maximum absolute atomic E-state index is 12.1. The SMILES string of the molecule is CCCCCS(=O)(=O)c1cc(C(=O)O)ccc1C. The molecule has 4 nitrogen and oxygen atoms in total. The Morgan fingerprint density at radius 1 is 1.28 bits per heavy atom. The summed E-state index contributed by atoms with van der Waals surface area (Å²) in [5.74, 6) is -1.04. The first kappa shape index (κ1) is 14.7. The molecule has 0 spiro atoms. The second-order valence-corrected chi connectivity index (χ2v) is 6.39. The molecular weight excluding hydrogens is 252 g/mol. The molecule has 0 fully saturated rings. The number of aromatic carboxylic acids is 1. The Kier molecular flexibility index (Phi) is 4.90. The number of unbranched alkanes of at least 4 members (excludes halogenated alkanes) is 2. The van der Waals surface area contributed by atoms with Crippen molar-refractivity contribution in [3.8, 4) is 0 Å². The highest BCUT2D eigenvalue weighted by Gasteiger charge is 2.18. The van der Waals surface area contributed by atoms with Crippen LogP contribution in [0.1, 0.15) is 42.1 Å². The summed E-state index contributed by atoms with van der Waals surface area (Å²) in [5, 5.41) is 8.89. The number of carbonyl (C=O) groups is 1. The zero-order chi connectivity index (χ0) is 13.8.